The number of likely N-dealkylation sites (tertiary alicyclic amines) is 1. The van der Waals surface area contributed by atoms with Gasteiger partial charge < -0.3 is 10.6 Å². The van der Waals surface area contributed by atoms with Gasteiger partial charge in [-0.25, -0.2) is 0 Å². The van der Waals surface area contributed by atoms with E-state index in [4.69, 9.17) is 5.73 Å². The predicted octanol–water partition coefficient (Wildman–Crippen LogP) is 2.11. The van der Waals surface area contributed by atoms with Gasteiger partial charge in [0.1, 0.15) is 0 Å². The van der Waals surface area contributed by atoms with Crippen LogP contribution in [0.4, 0.5) is 0 Å². The summed E-state index contributed by atoms with van der Waals surface area (Å²) in [5, 5.41) is 0. The molecule has 3 heteroatoms. The summed E-state index contributed by atoms with van der Waals surface area (Å²) >= 11 is 0. The fraction of sp³-hybridized carbons (Fsp3) is 0.533. The van der Waals surface area contributed by atoms with Crippen molar-refractivity contribution in [3.05, 3.63) is 34.9 Å². The van der Waals surface area contributed by atoms with Crippen LogP contribution in [0.1, 0.15) is 34.8 Å². The summed E-state index contributed by atoms with van der Waals surface area (Å²) in [6.07, 6.45) is 1.02. The van der Waals surface area contributed by atoms with Crippen molar-refractivity contribution >= 4 is 5.91 Å². The first kappa shape index (κ1) is 13.1. The molecule has 0 spiro atoms. The number of aryl methyl sites for hydroxylation is 1. The molecule has 1 amide bonds. The highest BCUT2D eigenvalue weighted by Gasteiger charge is 2.29. The quantitative estimate of drug-likeness (QED) is 0.868. The molecule has 1 fully saturated rings. The number of hydrogen-bond acceptors (Lipinski definition) is 2. The SMILES string of the molecule is Cc1cccc(C(=O)N2CCC(C(C)N)C2)c1C. The number of rotatable bonds is 2. The van der Waals surface area contributed by atoms with E-state index in [0.717, 1.165) is 30.6 Å². The molecule has 2 rings (SSSR count). The van der Waals surface area contributed by atoms with Crippen molar-refractivity contribution < 1.29 is 4.79 Å². The summed E-state index contributed by atoms with van der Waals surface area (Å²) in [6, 6.07) is 6.08. The molecule has 98 valence electrons. The van der Waals surface area contributed by atoms with Gasteiger partial charge >= 0.3 is 0 Å². The van der Waals surface area contributed by atoms with Crippen molar-refractivity contribution in [1.29, 1.82) is 0 Å². The molecule has 18 heavy (non-hydrogen) atoms. The second-order valence-corrected chi connectivity index (χ2v) is 5.41. The lowest BCUT2D eigenvalue weighted by molar-refractivity contribution is 0.0785. The van der Waals surface area contributed by atoms with Crippen LogP contribution in [0.2, 0.25) is 0 Å². The van der Waals surface area contributed by atoms with Gasteiger partial charge in [0.2, 0.25) is 0 Å². The number of nitrogens with zero attached hydrogens (tertiary/aromatic N) is 1. The first-order chi connectivity index (χ1) is 8.50. The molecule has 1 aromatic carbocycles. The van der Waals surface area contributed by atoms with Crippen LogP contribution in [0.5, 0.6) is 0 Å². The maximum atomic E-state index is 12.5. The Morgan fingerprint density at radius 2 is 2.17 bits per heavy atom. The normalized spacial score (nSPS) is 21.1. The van der Waals surface area contributed by atoms with Crippen LogP contribution in [0, 0.1) is 19.8 Å². The van der Waals surface area contributed by atoms with E-state index >= 15 is 0 Å². The summed E-state index contributed by atoms with van der Waals surface area (Å²) in [6.45, 7) is 7.71. The third-order valence-corrected chi connectivity index (χ3v) is 4.09. The summed E-state index contributed by atoms with van der Waals surface area (Å²) in [5.41, 5.74) is 9.01. The summed E-state index contributed by atoms with van der Waals surface area (Å²) in [7, 11) is 0. The van der Waals surface area contributed by atoms with Crippen LogP contribution in [0.15, 0.2) is 18.2 Å². The van der Waals surface area contributed by atoms with E-state index in [1.165, 1.54) is 5.56 Å². The van der Waals surface area contributed by atoms with Crippen molar-refractivity contribution in [2.45, 2.75) is 33.2 Å². The van der Waals surface area contributed by atoms with Crippen LogP contribution in [0.25, 0.3) is 0 Å². The van der Waals surface area contributed by atoms with E-state index in [-0.39, 0.29) is 11.9 Å². The van der Waals surface area contributed by atoms with Gasteiger partial charge in [0, 0.05) is 24.7 Å². The predicted molar refractivity (Wildman–Crippen MR) is 73.6 cm³/mol. The molecule has 0 radical (unpaired) electrons. The molecule has 0 saturated carbocycles. The third kappa shape index (κ3) is 2.41. The minimum Gasteiger partial charge on any atom is -0.338 e. The molecule has 0 aromatic heterocycles. The van der Waals surface area contributed by atoms with Crippen LogP contribution < -0.4 is 5.73 Å². The number of hydrogen-bond donors (Lipinski definition) is 1. The lowest BCUT2D eigenvalue weighted by Gasteiger charge is -2.19. The molecule has 0 aliphatic carbocycles. The molecule has 3 nitrogen and oxygen atoms in total. The Balaban J connectivity index is 2.16. The zero-order valence-electron chi connectivity index (χ0n) is 11.4. The van der Waals surface area contributed by atoms with Gasteiger partial charge in [0.25, 0.3) is 5.91 Å². The molecule has 2 atom stereocenters. The molecule has 0 bridgehead atoms. The Bertz CT molecular complexity index is 454. The van der Waals surface area contributed by atoms with E-state index in [1.807, 2.05) is 43.9 Å². The van der Waals surface area contributed by atoms with E-state index < -0.39 is 0 Å². The maximum absolute atomic E-state index is 12.5. The largest absolute Gasteiger partial charge is 0.338 e. The molecule has 2 N–H and O–H groups in total. The van der Waals surface area contributed by atoms with E-state index in [9.17, 15) is 4.79 Å². The zero-order chi connectivity index (χ0) is 13.3. The summed E-state index contributed by atoms with van der Waals surface area (Å²) in [5.74, 6) is 0.596. The van der Waals surface area contributed by atoms with Crippen molar-refractivity contribution in [2.75, 3.05) is 13.1 Å². The molecule has 1 aromatic rings. The fourth-order valence-electron chi connectivity index (χ4n) is 2.55. The summed E-state index contributed by atoms with van der Waals surface area (Å²) in [4.78, 5) is 14.4. The first-order valence-electron chi connectivity index (χ1n) is 6.61. The first-order valence-corrected chi connectivity index (χ1v) is 6.61. The topological polar surface area (TPSA) is 46.3 Å². The number of benzene rings is 1. The lowest BCUT2D eigenvalue weighted by atomic mass is 10.0. The Labute approximate surface area is 109 Å². The number of carbonyl (C=O) groups excluding carboxylic acids is 1. The van der Waals surface area contributed by atoms with Crippen LogP contribution in [-0.4, -0.2) is 29.9 Å². The molecular weight excluding hydrogens is 224 g/mol. The van der Waals surface area contributed by atoms with Gasteiger partial charge in [-0.05, 0) is 50.3 Å². The van der Waals surface area contributed by atoms with Gasteiger partial charge in [0.05, 0.1) is 0 Å². The van der Waals surface area contributed by atoms with E-state index in [1.54, 1.807) is 0 Å². The highest BCUT2D eigenvalue weighted by atomic mass is 16.2. The van der Waals surface area contributed by atoms with Gasteiger partial charge in [-0.15, -0.1) is 0 Å². The average Bonchev–Trinajstić information content (AvgIpc) is 2.81. The highest BCUT2D eigenvalue weighted by molar-refractivity contribution is 5.96. The monoisotopic (exact) mass is 246 g/mol. The molecule has 1 saturated heterocycles. The van der Waals surface area contributed by atoms with Crippen LogP contribution in [0.3, 0.4) is 0 Å². The fourth-order valence-corrected chi connectivity index (χ4v) is 2.55. The van der Waals surface area contributed by atoms with Crippen LogP contribution in [-0.2, 0) is 0 Å². The molecule has 1 aliphatic rings. The highest BCUT2D eigenvalue weighted by Crippen LogP contribution is 2.22. The second kappa shape index (κ2) is 5.11. The molecular formula is C15H22N2O. The standard InChI is InChI=1S/C15H22N2O/c1-10-5-4-6-14(11(10)2)15(18)17-8-7-13(9-17)12(3)16/h4-6,12-13H,7-9,16H2,1-3H3. The van der Waals surface area contributed by atoms with Crippen molar-refractivity contribution in [3.63, 3.8) is 0 Å². The third-order valence-electron chi connectivity index (χ3n) is 4.09. The lowest BCUT2D eigenvalue weighted by Crippen LogP contribution is -2.33. The molecule has 2 unspecified atom stereocenters. The number of carbonyl (C=O) groups is 1. The number of amides is 1. The smallest absolute Gasteiger partial charge is 0.254 e. The Hall–Kier alpha value is -1.35. The Morgan fingerprint density at radius 1 is 1.44 bits per heavy atom. The molecule has 1 aliphatic heterocycles. The minimum atomic E-state index is 0.152. The van der Waals surface area contributed by atoms with E-state index in [2.05, 4.69) is 0 Å². The summed E-state index contributed by atoms with van der Waals surface area (Å²) < 4.78 is 0. The minimum absolute atomic E-state index is 0.152. The van der Waals surface area contributed by atoms with Crippen molar-refractivity contribution in [3.8, 4) is 0 Å². The Morgan fingerprint density at radius 3 is 2.78 bits per heavy atom. The van der Waals surface area contributed by atoms with Crippen LogP contribution >= 0.6 is 0 Å². The van der Waals surface area contributed by atoms with Gasteiger partial charge in [-0.1, -0.05) is 12.1 Å². The average molecular weight is 246 g/mol. The zero-order valence-corrected chi connectivity index (χ0v) is 11.4. The van der Waals surface area contributed by atoms with Gasteiger partial charge in [-0.2, -0.15) is 0 Å². The molecule has 1 heterocycles. The van der Waals surface area contributed by atoms with Gasteiger partial charge in [0.15, 0.2) is 0 Å². The van der Waals surface area contributed by atoms with Crippen molar-refractivity contribution in [1.82, 2.24) is 4.90 Å². The Kier molecular flexibility index (Phi) is 3.71. The second-order valence-electron chi connectivity index (χ2n) is 5.41. The van der Waals surface area contributed by atoms with Crippen molar-refractivity contribution in [2.24, 2.45) is 11.7 Å². The van der Waals surface area contributed by atoms with E-state index in [0.29, 0.717) is 5.92 Å². The number of nitrogens with two attached hydrogens (primary N) is 1. The van der Waals surface area contributed by atoms with Gasteiger partial charge in [-0.3, -0.25) is 4.79 Å². The maximum Gasteiger partial charge on any atom is 0.254 e.